The summed E-state index contributed by atoms with van der Waals surface area (Å²) in [7, 11) is 0. The molecule has 1 aliphatic carbocycles. The number of hydrogen-bond donors (Lipinski definition) is 0. The third-order valence-corrected chi connectivity index (χ3v) is 12.3. The van der Waals surface area contributed by atoms with Gasteiger partial charge in [0, 0.05) is 39.1 Å². The molecule has 0 bridgehead atoms. The Bertz CT molecular complexity index is 3290. The lowest BCUT2D eigenvalue weighted by Crippen LogP contribution is -2.12. The van der Waals surface area contributed by atoms with Crippen LogP contribution in [0.3, 0.4) is 0 Å². The van der Waals surface area contributed by atoms with Crippen molar-refractivity contribution in [1.82, 2.24) is 4.57 Å². The molecule has 10 rings (SSSR count). The highest BCUT2D eigenvalue weighted by atomic mass is 15.1. The summed E-state index contributed by atoms with van der Waals surface area (Å²) in [5.41, 5.74) is 22.7. The number of hydrogen-bond acceptors (Lipinski definition) is 1. The van der Waals surface area contributed by atoms with Crippen LogP contribution in [0, 0.1) is 0 Å². The summed E-state index contributed by atoms with van der Waals surface area (Å²) in [5.74, 6) is 0. The summed E-state index contributed by atoms with van der Waals surface area (Å²) in [6, 6.07) is 65.0. The predicted molar refractivity (Wildman–Crippen MR) is 265 cm³/mol. The lowest BCUT2D eigenvalue weighted by atomic mass is 9.83. The topological polar surface area (TPSA) is 8.17 Å². The van der Waals surface area contributed by atoms with Crippen molar-refractivity contribution in [3.8, 4) is 27.9 Å². The highest BCUT2D eigenvalue weighted by Gasteiger charge is 2.24. The number of benzene rings is 8. The van der Waals surface area contributed by atoms with Crippen molar-refractivity contribution in [2.75, 3.05) is 4.90 Å². The largest absolute Gasteiger partial charge is 0.310 e. The van der Waals surface area contributed by atoms with Crippen LogP contribution in [0.2, 0.25) is 0 Å². The third kappa shape index (κ3) is 7.21. The standard InChI is InChI=1S/C60H50N2/c1-59(2,3)48-30-35-54-56(39-48)62(50-21-11-8-12-22-50)57-40-49(60(4,5)6)38-55(58(54)57)47-20-15-23-53(37-47)61(51-31-26-43(27-32-51)41-16-9-7-10-17-41)52-33-28-44(29-34-52)46-25-24-42-18-13-14-19-45(42)36-46/h7-9,11-16,18-40H,1-6H3. The Balaban J connectivity index is 1.17. The van der Waals surface area contributed by atoms with Gasteiger partial charge in [-0.1, -0.05) is 162 Å². The zero-order valence-electron chi connectivity index (χ0n) is 36.4. The summed E-state index contributed by atoms with van der Waals surface area (Å²) in [5, 5.41) is 5.01. The smallest absolute Gasteiger partial charge is 0.0550 e. The van der Waals surface area contributed by atoms with E-state index in [-0.39, 0.29) is 10.8 Å². The summed E-state index contributed by atoms with van der Waals surface area (Å²) in [4.78, 5) is 2.38. The molecule has 1 aliphatic rings. The van der Waals surface area contributed by atoms with E-state index in [9.17, 15) is 0 Å². The second kappa shape index (κ2) is 15.3. The van der Waals surface area contributed by atoms with Crippen LogP contribution in [-0.4, -0.2) is 4.57 Å². The van der Waals surface area contributed by atoms with Gasteiger partial charge in [0.1, 0.15) is 0 Å². The molecule has 0 fully saturated rings. The molecule has 0 amide bonds. The molecular formula is C60H50N2. The fourth-order valence-electron chi connectivity index (χ4n) is 8.87. The van der Waals surface area contributed by atoms with Crippen LogP contribution in [0.4, 0.5) is 17.1 Å². The Labute approximate surface area is 365 Å². The van der Waals surface area contributed by atoms with Gasteiger partial charge in [-0.2, -0.15) is 0 Å². The van der Waals surface area contributed by atoms with Crippen molar-refractivity contribution in [1.29, 1.82) is 0 Å². The van der Waals surface area contributed by atoms with E-state index in [1.54, 1.807) is 0 Å². The zero-order chi connectivity index (χ0) is 42.6. The molecule has 0 unspecified atom stereocenters. The first-order chi connectivity index (χ1) is 30.0. The number of fused-ring (bicyclic) bond motifs is 4. The van der Waals surface area contributed by atoms with Gasteiger partial charge in [0.25, 0.3) is 0 Å². The van der Waals surface area contributed by atoms with Crippen molar-refractivity contribution in [2.24, 2.45) is 0 Å². The van der Waals surface area contributed by atoms with Gasteiger partial charge in [0.05, 0.1) is 11.0 Å². The molecule has 0 saturated carbocycles. The van der Waals surface area contributed by atoms with E-state index in [0.29, 0.717) is 0 Å². The molecule has 0 radical (unpaired) electrons. The van der Waals surface area contributed by atoms with E-state index in [4.69, 9.17) is 0 Å². The number of rotatable bonds is 7. The fraction of sp³-hybridized carbons (Fsp3) is 0.133. The minimum absolute atomic E-state index is 0.00697. The van der Waals surface area contributed by atoms with E-state index >= 15 is 0 Å². The molecule has 0 atom stereocenters. The Morgan fingerprint density at radius 3 is 1.82 bits per heavy atom. The lowest BCUT2D eigenvalue weighted by Gasteiger charge is -2.27. The molecule has 62 heavy (non-hydrogen) atoms. The van der Waals surface area contributed by atoms with Crippen molar-refractivity contribution in [3.05, 3.63) is 222 Å². The first-order valence-electron chi connectivity index (χ1n) is 21.7. The van der Waals surface area contributed by atoms with Gasteiger partial charge < -0.3 is 9.47 Å². The maximum Gasteiger partial charge on any atom is 0.0550 e. The molecule has 9 aromatic rings. The Morgan fingerprint density at radius 1 is 0.468 bits per heavy atom. The number of allylic oxidation sites excluding steroid dienone is 4. The molecule has 1 heterocycles. The Hall–Kier alpha value is -7.34. The number of aromatic nitrogens is 1. The van der Waals surface area contributed by atoms with Crippen LogP contribution in [0.25, 0.3) is 66.1 Å². The van der Waals surface area contributed by atoms with E-state index in [1.807, 2.05) is 12.2 Å². The highest BCUT2D eigenvalue weighted by molar-refractivity contribution is 6.16. The molecule has 0 aliphatic heterocycles. The molecule has 0 saturated heterocycles. The normalized spacial score (nSPS) is 12.7. The number of nitrogens with zero attached hydrogens (tertiary/aromatic N) is 2. The van der Waals surface area contributed by atoms with Gasteiger partial charge in [-0.3, -0.25) is 0 Å². The molecule has 8 aromatic carbocycles. The van der Waals surface area contributed by atoms with Crippen molar-refractivity contribution in [2.45, 2.75) is 52.4 Å². The maximum absolute atomic E-state index is 3.28. The van der Waals surface area contributed by atoms with Gasteiger partial charge in [-0.25, -0.2) is 0 Å². The van der Waals surface area contributed by atoms with Gasteiger partial charge in [0.2, 0.25) is 0 Å². The Morgan fingerprint density at radius 2 is 1.13 bits per heavy atom. The molecule has 2 heteroatoms. The summed E-state index contributed by atoms with van der Waals surface area (Å²) in [6.45, 7) is 13.9. The average molecular weight is 799 g/mol. The third-order valence-electron chi connectivity index (χ3n) is 12.3. The SMILES string of the molecule is CC(C)(C)c1ccc2c3c(-c4cccc(N(c5ccc(C6=C=C=CC=C6)cc5)c5ccc(-c6ccc7ccccc7c6)cc5)c4)cc(C(C)(C)C)cc3n(-c3ccccc3)c2c1. The second-order valence-electron chi connectivity index (χ2n) is 18.6. The monoisotopic (exact) mass is 798 g/mol. The maximum atomic E-state index is 3.28. The van der Waals surface area contributed by atoms with Gasteiger partial charge in [-0.05, 0) is 145 Å². The van der Waals surface area contributed by atoms with Crippen LogP contribution in [0.5, 0.6) is 0 Å². The van der Waals surface area contributed by atoms with Crippen molar-refractivity contribution >= 4 is 55.2 Å². The predicted octanol–water partition coefficient (Wildman–Crippen LogP) is 16.6. The summed E-state index contributed by atoms with van der Waals surface area (Å²) >= 11 is 0. The van der Waals surface area contributed by atoms with Crippen LogP contribution < -0.4 is 4.90 Å². The lowest BCUT2D eigenvalue weighted by molar-refractivity contribution is 0.591. The van der Waals surface area contributed by atoms with Crippen LogP contribution in [0.1, 0.15) is 58.2 Å². The van der Waals surface area contributed by atoms with Crippen LogP contribution in [0.15, 0.2) is 206 Å². The molecule has 0 N–H and O–H groups in total. The first-order valence-corrected chi connectivity index (χ1v) is 21.7. The average Bonchev–Trinajstić information content (AvgIpc) is 3.63. The summed E-state index contributed by atoms with van der Waals surface area (Å²) in [6.07, 6.45) is 5.99. The fourth-order valence-corrected chi connectivity index (χ4v) is 8.87. The van der Waals surface area contributed by atoms with Crippen molar-refractivity contribution < 1.29 is 0 Å². The van der Waals surface area contributed by atoms with E-state index < -0.39 is 0 Å². The van der Waals surface area contributed by atoms with Gasteiger partial charge in [-0.15, -0.1) is 0 Å². The summed E-state index contributed by atoms with van der Waals surface area (Å²) < 4.78 is 2.48. The van der Waals surface area contributed by atoms with Crippen LogP contribution >= 0.6 is 0 Å². The first kappa shape index (κ1) is 38.8. The molecule has 300 valence electrons. The molecular weight excluding hydrogens is 749 g/mol. The number of para-hydroxylation sites is 1. The minimum atomic E-state index is -0.0798. The zero-order valence-corrected chi connectivity index (χ0v) is 36.4. The Kier molecular flexibility index (Phi) is 9.58. The second-order valence-corrected chi connectivity index (χ2v) is 18.6. The van der Waals surface area contributed by atoms with Gasteiger partial charge >= 0.3 is 0 Å². The van der Waals surface area contributed by atoms with Gasteiger partial charge in [0.15, 0.2) is 0 Å². The van der Waals surface area contributed by atoms with E-state index in [0.717, 1.165) is 33.9 Å². The molecule has 1 aromatic heterocycles. The van der Waals surface area contributed by atoms with Crippen molar-refractivity contribution in [3.63, 3.8) is 0 Å². The number of anilines is 3. The van der Waals surface area contributed by atoms with E-state index in [1.165, 1.54) is 66.0 Å². The van der Waals surface area contributed by atoms with E-state index in [2.05, 4.69) is 244 Å². The van der Waals surface area contributed by atoms with Crippen LogP contribution in [-0.2, 0) is 10.8 Å². The molecule has 0 spiro atoms. The quantitative estimate of drug-likeness (QED) is 0.146. The highest BCUT2D eigenvalue weighted by Crippen LogP contribution is 2.45. The minimum Gasteiger partial charge on any atom is -0.310 e. The molecule has 2 nitrogen and oxygen atoms in total.